The third-order valence-corrected chi connectivity index (χ3v) is 4.39. The van der Waals surface area contributed by atoms with Gasteiger partial charge in [0, 0.05) is 17.3 Å². The van der Waals surface area contributed by atoms with Gasteiger partial charge in [0.2, 0.25) is 0 Å². The fourth-order valence-corrected chi connectivity index (χ4v) is 3.00. The monoisotopic (exact) mass is 310 g/mol. The van der Waals surface area contributed by atoms with Gasteiger partial charge in [-0.15, -0.1) is 0 Å². The van der Waals surface area contributed by atoms with E-state index in [0.717, 1.165) is 5.56 Å². The summed E-state index contributed by atoms with van der Waals surface area (Å²) in [5.74, 6) is -0.944. The van der Waals surface area contributed by atoms with Gasteiger partial charge in [-0.2, -0.15) is 0 Å². The van der Waals surface area contributed by atoms with Crippen molar-refractivity contribution in [3.63, 3.8) is 0 Å². The lowest BCUT2D eigenvalue weighted by atomic mass is 9.93. The van der Waals surface area contributed by atoms with Crippen molar-refractivity contribution in [1.82, 2.24) is 4.90 Å². The SMILES string of the molecule is CCC1(C(=O)O)CCCN1C(=O)Nc1cc(Cl)ccc1C. The first-order chi connectivity index (χ1) is 9.90. The Hall–Kier alpha value is -1.75. The number of nitrogens with zero attached hydrogens (tertiary/aromatic N) is 1. The number of hydrogen-bond acceptors (Lipinski definition) is 2. The number of halogens is 1. The highest BCUT2D eigenvalue weighted by Gasteiger charge is 2.48. The molecule has 1 heterocycles. The van der Waals surface area contributed by atoms with Crippen LogP contribution in [0.3, 0.4) is 0 Å². The molecule has 21 heavy (non-hydrogen) atoms. The Balaban J connectivity index is 2.23. The van der Waals surface area contributed by atoms with Crippen molar-refractivity contribution in [1.29, 1.82) is 0 Å². The van der Waals surface area contributed by atoms with Crippen molar-refractivity contribution in [3.8, 4) is 0 Å². The van der Waals surface area contributed by atoms with Crippen molar-refractivity contribution in [2.75, 3.05) is 11.9 Å². The molecule has 1 aromatic rings. The summed E-state index contributed by atoms with van der Waals surface area (Å²) in [6, 6.07) is 4.84. The first-order valence-corrected chi connectivity index (χ1v) is 7.36. The Bertz CT molecular complexity index is 576. The van der Waals surface area contributed by atoms with Gasteiger partial charge >= 0.3 is 12.0 Å². The standard InChI is InChI=1S/C15H19ClN2O3/c1-3-15(13(19)20)7-4-8-18(15)14(21)17-12-9-11(16)6-5-10(12)2/h5-6,9H,3-4,7-8H2,1-2H3,(H,17,21)(H,19,20). The summed E-state index contributed by atoms with van der Waals surface area (Å²) in [6.07, 6.45) is 1.58. The summed E-state index contributed by atoms with van der Waals surface area (Å²) in [7, 11) is 0. The van der Waals surface area contributed by atoms with Crippen LogP contribution in [-0.2, 0) is 4.79 Å². The highest BCUT2D eigenvalue weighted by Crippen LogP contribution is 2.33. The van der Waals surface area contributed by atoms with Crippen LogP contribution >= 0.6 is 11.6 Å². The molecule has 6 heteroatoms. The summed E-state index contributed by atoms with van der Waals surface area (Å²) in [5, 5.41) is 12.8. The molecule has 1 atom stereocenters. The number of likely N-dealkylation sites (tertiary alicyclic amines) is 1. The molecule has 1 aliphatic heterocycles. The minimum absolute atomic E-state index is 0.387. The molecule has 114 valence electrons. The van der Waals surface area contributed by atoms with E-state index in [9.17, 15) is 14.7 Å². The minimum atomic E-state index is -1.10. The van der Waals surface area contributed by atoms with Crippen molar-refractivity contribution in [3.05, 3.63) is 28.8 Å². The molecule has 5 nitrogen and oxygen atoms in total. The summed E-state index contributed by atoms with van der Waals surface area (Å²) in [5.41, 5.74) is 0.385. The van der Waals surface area contributed by atoms with Crippen LogP contribution in [0.15, 0.2) is 18.2 Å². The van der Waals surface area contributed by atoms with Crippen LogP contribution in [0.5, 0.6) is 0 Å². The summed E-state index contributed by atoms with van der Waals surface area (Å²) >= 11 is 5.93. The molecule has 1 aromatic carbocycles. The van der Waals surface area contributed by atoms with Crippen LogP contribution in [0.1, 0.15) is 31.7 Å². The fraction of sp³-hybridized carbons (Fsp3) is 0.467. The number of carbonyl (C=O) groups is 2. The number of anilines is 1. The predicted octanol–water partition coefficient (Wildman–Crippen LogP) is 3.51. The first kappa shape index (κ1) is 15.6. The molecule has 2 amide bonds. The predicted molar refractivity (Wildman–Crippen MR) is 81.8 cm³/mol. The van der Waals surface area contributed by atoms with E-state index in [0.29, 0.717) is 36.5 Å². The second-order valence-electron chi connectivity index (χ2n) is 5.33. The molecule has 1 aliphatic rings. The maximum atomic E-state index is 12.5. The summed E-state index contributed by atoms with van der Waals surface area (Å²) in [4.78, 5) is 25.5. The lowest BCUT2D eigenvalue weighted by molar-refractivity contribution is -0.148. The van der Waals surface area contributed by atoms with Gasteiger partial charge in [-0.25, -0.2) is 9.59 Å². The molecule has 0 radical (unpaired) electrons. The molecular weight excluding hydrogens is 292 g/mol. The van der Waals surface area contributed by atoms with E-state index in [4.69, 9.17) is 11.6 Å². The van der Waals surface area contributed by atoms with Crippen LogP contribution in [0.4, 0.5) is 10.5 Å². The van der Waals surface area contributed by atoms with Crippen molar-refractivity contribution in [2.24, 2.45) is 0 Å². The van der Waals surface area contributed by atoms with Gasteiger partial charge in [0.15, 0.2) is 0 Å². The fourth-order valence-electron chi connectivity index (χ4n) is 2.83. The first-order valence-electron chi connectivity index (χ1n) is 6.99. The lowest BCUT2D eigenvalue weighted by Gasteiger charge is -2.34. The number of aliphatic carboxylic acids is 1. The van der Waals surface area contributed by atoms with Gasteiger partial charge in [0.05, 0.1) is 0 Å². The minimum Gasteiger partial charge on any atom is -0.479 e. The third-order valence-electron chi connectivity index (χ3n) is 4.16. The maximum Gasteiger partial charge on any atom is 0.329 e. The largest absolute Gasteiger partial charge is 0.479 e. The lowest BCUT2D eigenvalue weighted by Crippen LogP contribution is -2.54. The number of aryl methyl sites for hydroxylation is 1. The van der Waals surface area contributed by atoms with E-state index in [1.807, 2.05) is 13.0 Å². The number of rotatable bonds is 3. The number of carbonyl (C=O) groups excluding carboxylic acids is 1. The number of benzene rings is 1. The molecule has 2 N–H and O–H groups in total. The highest BCUT2D eigenvalue weighted by molar-refractivity contribution is 6.31. The number of carboxylic acids is 1. The van der Waals surface area contributed by atoms with E-state index in [-0.39, 0.29) is 6.03 Å². The van der Waals surface area contributed by atoms with E-state index >= 15 is 0 Å². The topological polar surface area (TPSA) is 69.6 Å². The van der Waals surface area contributed by atoms with Gasteiger partial charge in [0.25, 0.3) is 0 Å². The molecule has 1 unspecified atom stereocenters. The summed E-state index contributed by atoms with van der Waals surface area (Å²) < 4.78 is 0. The van der Waals surface area contributed by atoms with Gasteiger partial charge in [-0.1, -0.05) is 24.6 Å². The Labute approximate surface area is 128 Å². The average Bonchev–Trinajstić information content (AvgIpc) is 2.88. The molecule has 0 saturated carbocycles. The Morgan fingerprint density at radius 1 is 1.48 bits per heavy atom. The molecule has 0 bridgehead atoms. The van der Waals surface area contributed by atoms with Crippen LogP contribution in [0.25, 0.3) is 0 Å². The zero-order valence-electron chi connectivity index (χ0n) is 12.1. The van der Waals surface area contributed by atoms with Crippen molar-refractivity contribution >= 4 is 29.3 Å². The van der Waals surface area contributed by atoms with Crippen molar-refractivity contribution < 1.29 is 14.7 Å². The Kier molecular flexibility index (Phi) is 4.42. The van der Waals surface area contributed by atoms with Crippen molar-refractivity contribution in [2.45, 2.75) is 38.6 Å². The Morgan fingerprint density at radius 3 is 2.81 bits per heavy atom. The smallest absolute Gasteiger partial charge is 0.329 e. The molecule has 0 aliphatic carbocycles. The second kappa shape index (κ2) is 5.93. The number of urea groups is 1. The number of hydrogen-bond donors (Lipinski definition) is 2. The molecule has 1 fully saturated rings. The third kappa shape index (κ3) is 2.83. The number of amides is 2. The Morgan fingerprint density at radius 2 is 2.19 bits per heavy atom. The van der Waals surface area contributed by atoms with Crippen LogP contribution in [0.2, 0.25) is 5.02 Å². The van der Waals surface area contributed by atoms with Gasteiger partial charge < -0.3 is 15.3 Å². The quantitative estimate of drug-likeness (QED) is 0.897. The maximum absolute atomic E-state index is 12.5. The van der Waals surface area contributed by atoms with E-state index < -0.39 is 11.5 Å². The van der Waals surface area contributed by atoms with Gasteiger partial charge in [-0.05, 0) is 43.9 Å². The van der Waals surface area contributed by atoms with Crippen LogP contribution < -0.4 is 5.32 Å². The zero-order chi connectivity index (χ0) is 15.6. The second-order valence-corrected chi connectivity index (χ2v) is 5.77. The molecule has 0 spiro atoms. The molecular formula is C15H19ClN2O3. The highest BCUT2D eigenvalue weighted by atomic mass is 35.5. The zero-order valence-corrected chi connectivity index (χ0v) is 12.9. The molecule has 0 aromatic heterocycles. The van der Waals surface area contributed by atoms with Crippen LogP contribution in [0, 0.1) is 6.92 Å². The molecule has 2 rings (SSSR count). The number of nitrogens with one attached hydrogen (secondary N) is 1. The van der Waals surface area contributed by atoms with Gasteiger partial charge in [0.1, 0.15) is 5.54 Å². The van der Waals surface area contributed by atoms with Gasteiger partial charge in [-0.3, -0.25) is 0 Å². The normalized spacial score (nSPS) is 21.4. The van der Waals surface area contributed by atoms with E-state index in [1.165, 1.54) is 4.90 Å². The number of carboxylic acid groups (broad SMARTS) is 1. The summed E-state index contributed by atoms with van der Waals surface area (Å²) in [6.45, 7) is 4.11. The molecule has 1 saturated heterocycles. The average molecular weight is 311 g/mol. The van der Waals surface area contributed by atoms with E-state index in [2.05, 4.69) is 5.32 Å². The van der Waals surface area contributed by atoms with Crippen LogP contribution in [-0.4, -0.2) is 34.1 Å². The van der Waals surface area contributed by atoms with E-state index in [1.54, 1.807) is 19.1 Å².